The van der Waals surface area contributed by atoms with E-state index in [2.05, 4.69) is 11.4 Å². The van der Waals surface area contributed by atoms with Crippen LogP contribution in [0.25, 0.3) is 0 Å². The van der Waals surface area contributed by atoms with Crippen molar-refractivity contribution in [3.8, 4) is 11.8 Å². The summed E-state index contributed by atoms with van der Waals surface area (Å²) in [6, 6.07) is 10.4. The van der Waals surface area contributed by atoms with Crippen molar-refractivity contribution in [1.29, 1.82) is 5.26 Å². The van der Waals surface area contributed by atoms with Gasteiger partial charge in [0.05, 0.1) is 12.7 Å². The zero-order chi connectivity index (χ0) is 13.4. The van der Waals surface area contributed by atoms with Crippen LogP contribution < -0.4 is 10.1 Å². The van der Waals surface area contributed by atoms with Gasteiger partial charge in [0.25, 0.3) is 0 Å². The first-order valence-corrected chi connectivity index (χ1v) is 6.45. The van der Waals surface area contributed by atoms with Gasteiger partial charge in [-0.25, -0.2) is 0 Å². The Bertz CT molecular complexity index is 405. The molecule has 18 heavy (non-hydrogen) atoms. The maximum atomic E-state index is 9.18. The van der Waals surface area contributed by atoms with E-state index in [0.29, 0.717) is 6.61 Å². The second kappa shape index (κ2) is 7.03. The quantitative estimate of drug-likeness (QED) is 0.752. The number of benzene rings is 1. The number of nitrogens with one attached hydrogen (secondary N) is 1. The largest absolute Gasteiger partial charge is 0.494 e. The summed E-state index contributed by atoms with van der Waals surface area (Å²) < 4.78 is 5.68. The van der Waals surface area contributed by atoms with Crippen molar-refractivity contribution < 1.29 is 4.74 Å². The fourth-order valence-corrected chi connectivity index (χ4v) is 1.94. The van der Waals surface area contributed by atoms with Gasteiger partial charge in [-0.2, -0.15) is 5.26 Å². The Hall–Kier alpha value is -1.53. The van der Waals surface area contributed by atoms with Crippen LogP contribution in [0.15, 0.2) is 24.3 Å². The van der Waals surface area contributed by atoms with Gasteiger partial charge in [-0.05, 0) is 50.9 Å². The van der Waals surface area contributed by atoms with Crippen LogP contribution in [0.5, 0.6) is 5.75 Å². The molecule has 1 rings (SSSR count). The third-order valence-corrected chi connectivity index (χ3v) is 3.30. The Morgan fingerprint density at radius 2 is 2.22 bits per heavy atom. The first kappa shape index (κ1) is 14.5. The highest BCUT2D eigenvalue weighted by Gasteiger charge is 2.24. The standard InChI is InChI=1S/C15H22N2O/c1-4-15(12-16,17-3)9-6-10-18-14-8-5-7-13(2)11-14/h5,7-8,11,17H,4,6,9-10H2,1-3H3. The number of aryl methyl sites for hydroxylation is 1. The monoisotopic (exact) mass is 246 g/mol. The summed E-state index contributed by atoms with van der Waals surface area (Å²) >= 11 is 0. The molecule has 0 aromatic heterocycles. The molecule has 1 aromatic carbocycles. The zero-order valence-electron chi connectivity index (χ0n) is 11.5. The lowest BCUT2D eigenvalue weighted by Gasteiger charge is -2.24. The number of hydrogen-bond acceptors (Lipinski definition) is 3. The van der Waals surface area contributed by atoms with E-state index in [9.17, 15) is 5.26 Å². The number of nitrogens with zero attached hydrogens (tertiary/aromatic N) is 1. The van der Waals surface area contributed by atoms with E-state index in [0.717, 1.165) is 25.0 Å². The summed E-state index contributed by atoms with van der Waals surface area (Å²) in [4.78, 5) is 0. The molecule has 1 aromatic rings. The molecule has 1 atom stereocenters. The Morgan fingerprint density at radius 1 is 1.44 bits per heavy atom. The van der Waals surface area contributed by atoms with Crippen molar-refractivity contribution in [2.45, 2.75) is 38.6 Å². The Labute approximate surface area is 110 Å². The van der Waals surface area contributed by atoms with E-state index in [1.807, 2.05) is 45.2 Å². The van der Waals surface area contributed by atoms with Crippen LogP contribution >= 0.6 is 0 Å². The topological polar surface area (TPSA) is 45.0 Å². The van der Waals surface area contributed by atoms with Gasteiger partial charge in [0.1, 0.15) is 11.3 Å². The van der Waals surface area contributed by atoms with Crippen molar-refractivity contribution in [3.05, 3.63) is 29.8 Å². The van der Waals surface area contributed by atoms with Crippen molar-refractivity contribution in [1.82, 2.24) is 5.32 Å². The lowest BCUT2D eigenvalue weighted by molar-refractivity contribution is 0.281. The predicted molar refractivity (Wildman–Crippen MR) is 73.6 cm³/mol. The van der Waals surface area contributed by atoms with Gasteiger partial charge >= 0.3 is 0 Å². The van der Waals surface area contributed by atoms with Crippen LogP contribution in [-0.2, 0) is 0 Å². The van der Waals surface area contributed by atoms with Crippen molar-refractivity contribution in [2.24, 2.45) is 0 Å². The second-order valence-electron chi connectivity index (χ2n) is 4.57. The van der Waals surface area contributed by atoms with Crippen LogP contribution in [0.1, 0.15) is 31.7 Å². The molecule has 3 nitrogen and oxygen atoms in total. The van der Waals surface area contributed by atoms with Crippen LogP contribution in [0.2, 0.25) is 0 Å². The molecular weight excluding hydrogens is 224 g/mol. The molecule has 1 unspecified atom stereocenters. The molecule has 0 fully saturated rings. The third-order valence-electron chi connectivity index (χ3n) is 3.30. The van der Waals surface area contributed by atoms with Gasteiger partial charge in [-0.3, -0.25) is 0 Å². The maximum Gasteiger partial charge on any atom is 0.119 e. The Morgan fingerprint density at radius 3 is 2.78 bits per heavy atom. The van der Waals surface area contributed by atoms with Crippen molar-refractivity contribution >= 4 is 0 Å². The summed E-state index contributed by atoms with van der Waals surface area (Å²) in [5.41, 5.74) is 0.790. The second-order valence-corrected chi connectivity index (χ2v) is 4.57. The van der Waals surface area contributed by atoms with Gasteiger partial charge < -0.3 is 10.1 Å². The minimum absolute atomic E-state index is 0.407. The molecule has 0 heterocycles. The molecular formula is C15H22N2O. The minimum Gasteiger partial charge on any atom is -0.494 e. The molecule has 0 spiro atoms. The normalized spacial score (nSPS) is 13.7. The molecule has 0 aliphatic carbocycles. The summed E-state index contributed by atoms with van der Waals surface area (Å²) in [6.45, 7) is 4.72. The SMILES string of the molecule is CCC(C#N)(CCCOc1cccc(C)c1)NC. The van der Waals surface area contributed by atoms with Gasteiger partial charge in [0, 0.05) is 0 Å². The highest BCUT2D eigenvalue weighted by Crippen LogP contribution is 2.17. The minimum atomic E-state index is -0.407. The fourth-order valence-electron chi connectivity index (χ4n) is 1.94. The Kier molecular flexibility index (Phi) is 5.67. The van der Waals surface area contributed by atoms with Gasteiger partial charge in [-0.15, -0.1) is 0 Å². The summed E-state index contributed by atoms with van der Waals surface area (Å²) in [5.74, 6) is 0.901. The molecule has 0 radical (unpaired) electrons. The first-order valence-electron chi connectivity index (χ1n) is 6.45. The zero-order valence-corrected chi connectivity index (χ0v) is 11.5. The van der Waals surface area contributed by atoms with Crippen molar-refractivity contribution in [2.75, 3.05) is 13.7 Å². The molecule has 0 amide bonds. The van der Waals surface area contributed by atoms with Gasteiger partial charge in [-0.1, -0.05) is 19.1 Å². The molecule has 0 saturated heterocycles. The van der Waals surface area contributed by atoms with Gasteiger partial charge in [0.15, 0.2) is 0 Å². The Balaban J connectivity index is 2.37. The van der Waals surface area contributed by atoms with Crippen LogP contribution in [0.3, 0.4) is 0 Å². The van der Waals surface area contributed by atoms with E-state index >= 15 is 0 Å². The van der Waals surface area contributed by atoms with E-state index in [-0.39, 0.29) is 0 Å². The van der Waals surface area contributed by atoms with Crippen LogP contribution in [0, 0.1) is 18.3 Å². The number of ether oxygens (including phenoxy) is 1. The lowest BCUT2D eigenvalue weighted by Crippen LogP contribution is -2.41. The molecule has 98 valence electrons. The lowest BCUT2D eigenvalue weighted by atomic mass is 9.92. The first-order chi connectivity index (χ1) is 8.65. The third kappa shape index (κ3) is 4.05. The van der Waals surface area contributed by atoms with Gasteiger partial charge in [0.2, 0.25) is 0 Å². The summed E-state index contributed by atoms with van der Waals surface area (Å²) in [5, 5.41) is 12.3. The number of hydrogen-bond donors (Lipinski definition) is 1. The van der Waals surface area contributed by atoms with Crippen LogP contribution in [0.4, 0.5) is 0 Å². The number of nitriles is 1. The van der Waals surface area contributed by atoms with Crippen LogP contribution in [-0.4, -0.2) is 19.2 Å². The average Bonchev–Trinajstić information content (AvgIpc) is 2.40. The van der Waals surface area contributed by atoms with E-state index in [1.165, 1.54) is 5.56 Å². The van der Waals surface area contributed by atoms with E-state index in [1.54, 1.807) is 0 Å². The fraction of sp³-hybridized carbons (Fsp3) is 0.533. The summed E-state index contributed by atoms with van der Waals surface area (Å²) in [6.07, 6.45) is 2.49. The summed E-state index contributed by atoms with van der Waals surface area (Å²) in [7, 11) is 1.84. The molecule has 3 heteroatoms. The highest BCUT2D eigenvalue weighted by molar-refractivity contribution is 5.27. The van der Waals surface area contributed by atoms with E-state index in [4.69, 9.17) is 4.74 Å². The maximum absolute atomic E-state index is 9.18. The van der Waals surface area contributed by atoms with E-state index < -0.39 is 5.54 Å². The molecule has 0 aliphatic rings. The average molecular weight is 246 g/mol. The predicted octanol–water partition coefficient (Wildman–Crippen LogP) is 3.05. The number of rotatable bonds is 7. The molecule has 0 saturated carbocycles. The van der Waals surface area contributed by atoms with Crippen molar-refractivity contribution in [3.63, 3.8) is 0 Å². The molecule has 1 N–H and O–H groups in total. The highest BCUT2D eigenvalue weighted by atomic mass is 16.5. The smallest absolute Gasteiger partial charge is 0.119 e. The molecule has 0 aliphatic heterocycles. The molecule has 0 bridgehead atoms.